The van der Waals surface area contributed by atoms with Crippen molar-refractivity contribution in [2.75, 3.05) is 7.11 Å². The van der Waals surface area contributed by atoms with Crippen molar-refractivity contribution in [1.29, 1.82) is 0 Å². The van der Waals surface area contributed by atoms with Gasteiger partial charge in [-0.15, -0.1) is 11.3 Å². The number of amides is 1. The van der Waals surface area contributed by atoms with E-state index in [4.69, 9.17) is 4.74 Å². The first-order valence-corrected chi connectivity index (χ1v) is 9.05. The van der Waals surface area contributed by atoms with Gasteiger partial charge in [0.15, 0.2) is 0 Å². The summed E-state index contributed by atoms with van der Waals surface area (Å²) in [6, 6.07) is 12.1. The van der Waals surface area contributed by atoms with Gasteiger partial charge in [0.1, 0.15) is 10.6 Å². The number of aliphatic hydroxyl groups is 1. The Labute approximate surface area is 146 Å². The van der Waals surface area contributed by atoms with Crippen LogP contribution in [0.25, 0.3) is 0 Å². The molecule has 4 nitrogen and oxygen atoms in total. The highest BCUT2D eigenvalue weighted by molar-refractivity contribution is 7.14. The highest BCUT2D eigenvalue weighted by Gasteiger charge is 2.35. The molecule has 0 bridgehead atoms. The van der Waals surface area contributed by atoms with Crippen LogP contribution in [0.5, 0.6) is 5.75 Å². The van der Waals surface area contributed by atoms with Crippen LogP contribution < -0.4 is 10.1 Å². The second-order valence-electron chi connectivity index (χ2n) is 6.41. The summed E-state index contributed by atoms with van der Waals surface area (Å²) < 4.78 is 5.31. The van der Waals surface area contributed by atoms with E-state index in [1.807, 2.05) is 31.2 Å². The minimum atomic E-state index is -0.233. The highest BCUT2D eigenvalue weighted by Crippen LogP contribution is 2.33. The summed E-state index contributed by atoms with van der Waals surface area (Å²) in [5.41, 5.74) is 1.19. The standard InChI is InChI=1S/C19H23NO3S/c1-12-8-17(23-2)18(24-12)19(22)20-16(14-10-15(21)11-14)9-13-6-4-3-5-7-13/h3-8,14-16,21H,9-11H2,1-2H3,(H,20,22). The summed E-state index contributed by atoms with van der Waals surface area (Å²) in [6.07, 6.45) is 2.04. The van der Waals surface area contributed by atoms with Crippen molar-refractivity contribution in [3.05, 3.63) is 51.7 Å². The largest absolute Gasteiger partial charge is 0.495 e. The summed E-state index contributed by atoms with van der Waals surface area (Å²) in [5, 5.41) is 12.8. The molecule has 1 amide bonds. The van der Waals surface area contributed by atoms with Gasteiger partial charge in [0, 0.05) is 10.9 Å². The Hall–Kier alpha value is -1.85. The van der Waals surface area contributed by atoms with E-state index >= 15 is 0 Å². The number of benzene rings is 1. The molecule has 1 aromatic heterocycles. The predicted molar refractivity (Wildman–Crippen MR) is 95.7 cm³/mol. The maximum absolute atomic E-state index is 12.7. The van der Waals surface area contributed by atoms with Crippen LogP contribution >= 0.6 is 11.3 Å². The van der Waals surface area contributed by atoms with Crippen LogP contribution in [0, 0.1) is 12.8 Å². The fraction of sp³-hybridized carbons (Fsp3) is 0.421. The van der Waals surface area contributed by atoms with Gasteiger partial charge >= 0.3 is 0 Å². The van der Waals surface area contributed by atoms with E-state index in [2.05, 4.69) is 17.4 Å². The average Bonchev–Trinajstić information content (AvgIpc) is 2.93. The summed E-state index contributed by atoms with van der Waals surface area (Å²) in [6.45, 7) is 1.97. The second kappa shape index (κ2) is 7.36. The van der Waals surface area contributed by atoms with Crippen molar-refractivity contribution < 1.29 is 14.6 Å². The summed E-state index contributed by atoms with van der Waals surface area (Å²) >= 11 is 1.45. The zero-order valence-electron chi connectivity index (χ0n) is 14.0. The van der Waals surface area contributed by atoms with Gasteiger partial charge in [0.2, 0.25) is 0 Å². The van der Waals surface area contributed by atoms with Crippen molar-refractivity contribution in [3.63, 3.8) is 0 Å². The van der Waals surface area contributed by atoms with Gasteiger partial charge in [-0.3, -0.25) is 4.79 Å². The number of nitrogens with one attached hydrogen (secondary N) is 1. The molecule has 1 fully saturated rings. The number of rotatable bonds is 6. The Morgan fingerprint density at radius 3 is 2.71 bits per heavy atom. The fourth-order valence-electron chi connectivity index (χ4n) is 3.20. The first-order chi connectivity index (χ1) is 11.6. The first kappa shape index (κ1) is 17.0. The monoisotopic (exact) mass is 345 g/mol. The Morgan fingerprint density at radius 2 is 2.08 bits per heavy atom. The van der Waals surface area contributed by atoms with E-state index in [1.54, 1.807) is 7.11 Å². The number of thiophene rings is 1. The lowest BCUT2D eigenvalue weighted by Crippen LogP contribution is -2.48. The lowest BCUT2D eigenvalue weighted by molar-refractivity contribution is 0.0239. The van der Waals surface area contributed by atoms with Crippen LogP contribution in [0.1, 0.15) is 33.0 Å². The molecule has 0 spiro atoms. The summed E-state index contributed by atoms with van der Waals surface area (Å²) in [7, 11) is 1.59. The molecule has 1 aromatic carbocycles. The molecule has 0 saturated heterocycles. The summed E-state index contributed by atoms with van der Waals surface area (Å²) in [5.74, 6) is 0.852. The van der Waals surface area contributed by atoms with E-state index in [9.17, 15) is 9.90 Å². The third-order valence-electron chi connectivity index (χ3n) is 4.58. The maximum atomic E-state index is 12.7. The Balaban J connectivity index is 1.74. The lowest BCUT2D eigenvalue weighted by Gasteiger charge is -2.38. The molecule has 1 unspecified atom stereocenters. The number of aryl methyl sites for hydroxylation is 1. The third kappa shape index (κ3) is 3.79. The molecular weight excluding hydrogens is 322 g/mol. The second-order valence-corrected chi connectivity index (χ2v) is 7.67. The zero-order valence-corrected chi connectivity index (χ0v) is 14.8. The lowest BCUT2D eigenvalue weighted by atomic mass is 9.75. The average molecular weight is 345 g/mol. The fourth-order valence-corrected chi connectivity index (χ4v) is 4.08. The number of aliphatic hydroxyl groups excluding tert-OH is 1. The minimum absolute atomic E-state index is 0.0235. The van der Waals surface area contributed by atoms with E-state index in [0.29, 0.717) is 16.5 Å². The molecule has 5 heteroatoms. The molecule has 0 radical (unpaired) electrons. The molecular formula is C19H23NO3S. The van der Waals surface area contributed by atoms with Gasteiger partial charge in [-0.05, 0) is 43.7 Å². The van der Waals surface area contributed by atoms with Gasteiger partial charge in [-0.1, -0.05) is 30.3 Å². The Kier molecular flexibility index (Phi) is 5.21. The van der Waals surface area contributed by atoms with E-state index in [0.717, 1.165) is 24.1 Å². The molecule has 1 heterocycles. The molecule has 1 atom stereocenters. The van der Waals surface area contributed by atoms with Crippen LogP contribution in [-0.4, -0.2) is 30.3 Å². The van der Waals surface area contributed by atoms with Crippen LogP contribution in [-0.2, 0) is 6.42 Å². The zero-order chi connectivity index (χ0) is 17.1. The smallest absolute Gasteiger partial charge is 0.265 e. The number of carbonyl (C=O) groups is 1. The number of methoxy groups -OCH3 is 1. The molecule has 2 N–H and O–H groups in total. The third-order valence-corrected chi connectivity index (χ3v) is 5.61. The number of hydrogen-bond donors (Lipinski definition) is 2. The summed E-state index contributed by atoms with van der Waals surface area (Å²) in [4.78, 5) is 14.4. The highest BCUT2D eigenvalue weighted by atomic mass is 32.1. The molecule has 1 aliphatic carbocycles. The van der Waals surface area contributed by atoms with Gasteiger partial charge in [-0.2, -0.15) is 0 Å². The SMILES string of the molecule is COc1cc(C)sc1C(=O)NC(Cc1ccccc1)C1CC(O)C1. The van der Waals surface area contributed by atoms with Crippen LogP contribution in [0.2, 0.25) is 0 Å². The normalized spacial score (nSPS) is 21.0. The van der Waals surface area contributed by atoms with Crippen LogP contribution in [0.4, 0.5) is 0 Å². The number of hydrogen-bond acceptors (Lipinski definition) is 4. The Bertz CT molecular complexity index is 692. The van der Waals surface area contributed by atoms with Gasteiger partial charge in [-0.25, -0.2) is 0 Å². The molecule has 3 rings (SSSR count). The van der Waals surface area contributed by atoms with Gasteiger partial charge < -0.3 is 15.2 Å². The Morgan fingerprint density at radius 1 is 1.38 bits per heavy atom. The van der Waals surface area contributed by atoms with Gasteiger partial charge in [0.25, 0.3) is 5.91 Å². The van der Waals surface area contributed by atoms with Crippen molar-refractivity contribution in [2.45, 2.75) is 38.3 Å². The van der Waals surface area contributed by atoms with E-state index in [-0.39, 0.29) is 18.1 Å². The van der Waals surface area contributed by atoms with Crippen molar-refractivity contribution in [3.8, 4) is 5.75 Å². The minimum Gasteiger partial charge on any atom is -0.495 e. The molecule has 24 heavy (non-hydrogen) atoms. The van der Waals surface area contributed by atoms with E-state index < -0.39 is 0 Å². The molecule has 128 valence electrons. The topological polar surface area (TPSA) is 58.6 Å². The van der Waals surface area contributed by atoms with Crippen LogP contribution in [0.15, 0.2) is 36.4 Å². The van der Waals surface area contributed by atoms with Crippen molar-refractivity contribution >= 4 is 17.2 Å². The van der Waals surface area contributed by atoms with E-state index in [1.165, 1.54) is 16.9 Å². The molecule has 2 aromatic rings. The maximum Gasteiger partial charge on any atom is 0.265 e. The van der Waals surface area contributed by atoms with Crippen LogP contribution in [0.3, 0.4) is 0 Å². The van der Waals surface area contributed by atoms with Crippen molar-refractivity contribution in [2.24, 2.45) is 5.92 Å². The molecule has 1 aliphatic rings. The molecule has 1 saturated carbocycles. The number of carbonyl (C=O) groups excluding carboxylic acids is 1. The predicted octanol–water partition coefficient (Wildman–Crippen LogP) is 3.18. The molecule has 0 aliphatic heterocycles. The van der Waals surface area contributed by atoms with Gasteiger partial charge in [0.05, 0.1) is 13.2 Å². The number of ether oxygens (including phenoxy) is 1. The first-order valence-electron chi connectivity index (χ1n) is 8.24. The quantitative estimate of drug-likeness (QED) is 0.845. The van der Waals surface area contributed by atoms with Crippen molar-refractivity contribution in [1.82, 2.24) is 5.32 Å².